The average Bonchev–Trinajstić information content (AvgIpc) is 2.64. The van der Waals surface area contributed by atoms with Gasteiger partial charge in [-0.1, -0.05) is 35.7 Å². The van der Waals surface area contributed by atoms with Gasteiger partial charge in [-0.3, -0.25) is 4.79 Å². The Kier molecular flexibility index (Phi) is 5.53. The average molecular weight is 262 g/mol. The molecule has 0 heterocycles. The number of nitrogens with one attached hydrogen (secondary N) is 1. The quantitative estimate of drug-likeness (QED) is 0.599. The molecule has 0 aromatic rings. The Balaban J connectivity index is 2.03. The Hall–Kier alpha value is -0.0500. The van der Waals surface area contributed by atoms with E-state index in [9.17, 15) is 4.79 Å². The lowest BCUT2D eigenvalue weighted by Crippen LogP contribution is -2.30. The van der Waals surface area contributed by atoms with Crippen molar-refractivity contribution in [1.29, 1.82) is 0 Å². The Bertz CT molecular complexity index is 176. The lowest BCUT2D eigenvalue weighted by atomic mass is 10.1. The first-order chi connectivity index (χ1) is 6.70. The third kappa shape index (κ3) is 4.45. The van der Waals surface area contributed by atoms with Crippen LogP contribution in [0.5, 0.6) is 0 Å². The van der Waals surface area contributed by atoms with Gasteiger partial charge < -0.3 is 5.32 Å². The fourth-order valence-electron chi connectivity index (χ4n) is 1.93. The second-order valence-corrected chi connectivity index (χ2v) is 5.76. The molecule has 0 spiro atoms. The minimum absolute atomic E-state index is 0.282. The molecule has 1 rings (SSSR count). The van der Waals surface area contributed by atoms with Crippen molar-refractivity contribution in [1.82, 2.24) is 5.32 Å². The summed E-state index contributed by atoms with van der Waals surface area (Å²) in [7, 11) is 0. The summed E-state index contributed by atoms with van der Waals surface area (Å²) in [5, 5.41) is 3.02. The highest BCUT2D eigenvalue weighted by atomic mass is 79.9. The van der Waals surface area contributed by atoms with Crippen molar-refractivity contribution in [2.45, 2.75) is 50.3 Å². The largest absolute Gasteiger partial charge is 0.356 e. The van der Waals surface area contributed by atoms with Crippen molar-refractivity contribution in [2.75, 3.05) is 6.54 Å². The molecule has 0 aromatic heterocycles. The molecule has 2 nitrogen and oxygen atoms in total. The van der Waals surface area contributed by atoms with Gasteiger partial charge in [0.1, 0.15) is 0 Å². The van der Waals surface area contributed by atoms with Crippen LogP contribution in [-0.4, -0.2) is 17.3 Å². The lowest BCUT2D eigenvalue weighted by molar-refractivity contribution is -0.124. The molecule has 82 valence electrons. The first kappa shape index (κ1) is 12.0. The standard InChI is InChI=1S/C11H20BrNO/c1-9(12)5-4-8-13-11(14)10-6-2-3-7-10/h9-10H,2-8H2,1H3,(H,13,14). The molecule has 1 saturated carbocycles. The Labute approximate surface area is 95.0 Å². The van der Waals surface area contributed by atoms with Gasteiger partial charge in [-0.2, -0.15) is 0 Å². The second-order valence-electron chi connectivity index (χ2n) is 4.20. The topological polar surface area (TPSA) is 29.1 Å². The molecule has 1 atom stereocenters. The van der Waals surface area contributed by atoms with E-state index in [2.05, 4.69) is 28.2 Å². The summed E-state index contributed by atoms with van der Waals surface area (Å²) in [5.41, 5.74) is 0. The molecule has 1 aliphatic rings. The first-order valence-electron chi connectivity index (χ1n) is 5.62. The summed E-state index contributed by atoms with van der Waals surface area (Å²) in [6, 6.07) is 0. The van der Waals surface area contributed by atoms with Crippen molar-refractivity contribution < 1.29 is 4.79 Å². The maximum atomic E-state index is 11.6. The highest BCUT2D eigenvalue weighted by Crippen LogP contribution is 2.24. The van der Waals surface area contributed by atoms with E-state index in [0.29, 0.717) is 10.7 Å². The van der Waals surface area contributed by atoms with Crippen molar-refractivity contribution in [3.8, 4) is 0 Å². The molecule has 1 amide bonds. The van der Waals surface area contributed by atoms with Gasteiger partial charge in [-0.25, -0.2) is 0 Å². The molecule has 1 unspecified atom stereocenters. The molecule has 14 heavy (non-hydrogen) atoms. The van der Waals surface area contributed by atoms with Gasteiger partial charge in [0.05, 0.1) is 0 Å². The van der Waals surface area contributed by atoms with Crippen molar-refractivity contribution in [3.05, 3.63) is 0 Å². The zero-order valence-corrected chi connectivity index (χ0v) is 10.5. The van der Waals surface area contributed by atoms with Crippen LogP contribution in [0.1, 0.15) is 45.4 Å². The van der Waals surface area contributed by atoms with E-state index in [0.717, 1.165) is 32.2 Å². The van der Waals surface area contributed by atoms with E-state index in [4.69, 9.17) is 0 Å². The van der Waals surface area contributed by atoms with Gasteiger partial charge in [-0.15, -0.1) is 0 Å². The number of carbonyl (C=O) groups is 1. The van der Waals surface area contributed by atoms with Gasteiger partial charge in [0.15, 0.2) is 0 Å². The predicted octanol–water partition coefficient (Wildman–Crippen LogP) is 2.86. The molecule has 0 aliphatic heterocycles. The molecule has 1 N–H and O–H groups in total. The summed E-state index contributed by atoms with van der Waals surface area (Å²) in [6.45, 7) is 2.98. The fraction of sp³-hybridized carbons (Fsp3) is 0.909. The van der Waals surface area contributed by atoms with Gasteiger partial charge >= 0.3 is 0 Å². The highest BCUT2D eigenvalue weighted by Gasteiger charge is 2.21. The summed E-state index contributed by atoms with van der Waals surface area (Å²) in [4.78, 5) is 12.1. The molecule has 3 heteroatoms. The van der Waals surface area contributed by atoms with Gasteiger partial charge in [0, 0.05) is 17.3 Å². The smallest absolute Gasteiger partial charge is 0.223 e. The third-order valence-corrected chi connectivity index (χ3v) is 3.26. The van der Waals surface area contributed by atoms with Gasteiger partial charge in [0.25, 0.3) is 0 Å². The Morgan fingerprint density at radius 2 is 2.14 bits per heavy atom. The van der Waals surface area contributed by atoms with Gasteiger partial charge in [0.2, 0.25) is 5.91 Å². The molecule has 0 radical (unpaired) electrons. The number of hydrogen-bond acceptors (Lipinski definition) is 1. The number of carbonyl (C=O) groups excluding carboxylic acids is 1. The van der Waals surface area contributed by atoms with Crippen LogP contribution in [0.3, 0.4) is 0 Å². The summed E-state index contributed by atoms with van der Waals surface area (Å²) < 4.78 is 0. The zero-order chi connectivity index (χ0) is 10.4. The first-order valence-corrected chi connectivity index (χ1v) is 6.53. The second kappa shape index (κ2) is 6.44. The fourth-order valence-corrected chi connectivity index (χ4v) is 2.25. The summed E-state index contributed by atoms with van der Waals surface area (Å²) in [5.74, 6) is 0.598. The normalized spacial score (nSPS) is 19.6. The number of hydrogen-bond donors (Lipinski definition) is 1. The van der Waals surface area contributed by atoms with Crippen LogP contribution in [-0.2, 0) is 4.79 Å². The summed E-state index contributed by atoms with van der Waals surface area (Å²) in [6.07, 6.45) is 6.87. The van der Waals surface area contributed by atoms with E-state index in [1.807, 2.05) is 0 Å². The Morgan fingerprint density at radius 3 is 2.71 bits per heavy atom. The SMILES string of the molecule is CC(Br)CCCNC(=O)C1CCCC1. The lowest BCUT2D eigenvalue weighted by Gasteiger charge is -2.10. The van der Waals surface area contributed by atoms with Crippen LogP contribution in [0.2, 0.25) is 0 Å². The molecule has 0 aromatic carbocycles. The van der Waals surface area contributed by atoms with E-state index in [1.165, 1.54) is 12.8 Å². The maximum absolute atomic E-state index is 11.6. The highest BCUT2D eigenvalue weighted by molar-refractivity contribution is 9.09. The van der Waals surface area contributed by atoms with E-state index < -0.39 is 0 Å². The zero-order valence-electron chi connectivity index (χ0n) is 8.89. The number of amides is 1. The van der Waals surface area contributed by atoms with E-state index in [1.54, 1.807) is 0 Å². The van der Waals surface area contributed by atoms with Crippen molar-refractivity contribution in [3.63, 3.8) is 0 Å². The minimum Gasteiger partial charge on any atom is -0.356 e. The monoisotopic (exact) mass is 261 g/mol. The maximum Gasteiger partial charge on any atom is 0.223 e. The molecule has 1 aliphatic carbocycles. The van der Waals surface area contributed by atoms with Crippen molar-refractivity contribution in [2.24, 2.45) is 5.92 Å². The van der Waals surface area contributed by atoms with Gasteiger partial charge in [-0.05, 0) is 25.7 Å². The predicted molar refractivity (Wildman–Crippen MR) is 62.6 cm³/mol. The molecular weight excluding hydrogens is 242 g/mol. The summed E-state index contributed by atoms with van der Waals surface area (Å²) >= 11 is 3.50. The third-order valence-electron chi connectivity index (χ3n) is 2.80. The van der Waals surface area contributed by atoms with Crippen LogP contribution in [0, 0.1) is 5.92 Å². The van der Waals surface area contributed by atoms with Crippen LogP contribution >= 0.6 is 15.9 Å². The minimum atomic E-state index is 0.282. The molecule has 0 bridgehead atoms. The van der Waals surface area contributed by atoms with Crippen molar-refractivity contribution >= 4 is 21.8 Å². The number of halogens is 1. The number of rotatable bonds is 5. The van der Waals surface area contributed by atoms with Crippen LogP contribution < -0.4 is 5.32 Å². The van der Waals surface area contributed by atoms with Crippen LogP contribution in [0.4, 0.5) is 0 Å². The number of alkyl halides is 1. The van der Waals surface area contributed by atoms with E-state index >= 15 is 0 Å². The van der Waals surface area contributed by atoms with E-state index in [-0.39, 0.29) is 5.91 Å². The molecule has 0 saturated heterocycles. The van der Waals surface area contributed by atoms with Crippen LogP contribution in [0.15, 0.2) is 0 Å². The Morgan fingerprint density at radius 1 is 1.50 bits per heavy atom. The molecule has 1 fully saturated rings. The van der Waals surface area contributed by atoms with Crippen LogP contribution in [0.25, 0.3) is 0 Å². The molecular formula is C11H20BrNO.